The molecular weight excluding hydrogens is 484 g/mol. The van der Waals surface area contributed by atoms with Crippen LogP contribution in [0, 0.1) is 0 Å². The highest BCUT2D eigenvalue weighted by Gasteiger charge is 1.70. The van der Waals surface area contributed by atoms with Gasteiger partial charge in [-0.3, -0.25) is 4.32 Å². The fraction of sp³-hybridized carbons (Fsp3) is 1.00. The Bertz CT molecular complexity index is 55.9. The molecule has 0 saturated heterocycles. The van der Waals surface area contributed by atoms with Crippen molar-refractivity contribution >= 4 is 69.3 Å². The zero-order chi connectivity index (χ0) is 18.8. The quantitative estimate of drug-likeness (QED) is 0.337. The number of rotatable bonds is 2. The average molecular weight is 567 g/mol. The van der Waals surface area contributed by atoms with Crippen LogP contribution in [-0.2, 0) is 4.65 Å². The molecule has 0 amide bonds. The number of aliphatic hydroxyl groups is 1. The molecule has 0 aliphatic heterocycles. The maximum atomic E-state index is 10.6. The molecule has 0 spiro atoms. The fourth-order valence-corrected chi connectivity index (χ4v) is 0. The SMILES string of the molecule is C.C.C.C.C.C.C.C.CC.CC.CC.CC.CC.CC[B]F.CO.CO[B]F.S.S.S.S. The van der Waals surface area contributed by atoms with E-state index < -0.39 is 0 Å². The van der Waals surface area contributed by atoms with Gasteiger partial charge in [0, 0.05) is 14.2 Å². The predicted molar refractivity (Wildman–Crippen MR) is 191 cm³/mol. The van der Waals surface area contributed by atoms with Crippen LogP contribution in [0.15, 0.2) is 0 Å². The Labute approximate surface area is 243 Å². The molecular formula is C22H82B2F2O2S4. The van der Waals surface area contributed by atoms with Crippen LogP contribution in [-0.4, -0.2) is 34.6 Å². The first-order chi connectivity index (χ1) is 9.83. The molecule has 0 atom stereocenters. The molecule has 0 aliphatic rings. The van der Waals surface area contributed by atoms with Crippen LogP contribution in [0.25, 0.3) is 0 Å². The summed E-state index contributed by atoms with van der Waals surface area (Å²) in [5, 5.41) is 7.00. The van der Waals surface area contributed by atoms with Crippen molar-refractivity contribution in [1.82, 2.24) is 0 Å². The second-order valence-corrected chi connectivity index (χ2v) is 0.887. The van der Waals surface area contributed by atoms with Crippen LogP contribution < -0.4 is 0 Å². The summed E-state index contributed by atoms with van der Waals surface area (Å²) < 4.78 is 24.7. The van der Waals surface area contributed by atoms with Crippen LogP contribution in [0.2, 0.25) is 6.32 Å². The first kappa shape index (κ1) is 196. The lowest BCUT2D eigenvalue weighted by Gasteiger charge is -1.67. The Kier molecular flexibility index (Phi) is 6890. The molecule has 226 valence electrons. The van der Waals surface area contributed by atoms with E-state index in [0.29, 0.717) is 13.9 Å². The highest BCUT2D eigenvalue weighted by Crippen LogP contribution is 1.67. The molecule has 2 nitrogen and oxygen atoms in total. The number of aliphatic hydroxyl groups excluding tert-OH is 1. The summed E-state index contributed by atoms with van der Waals surface area (Å²) in [7, 11) is 3.00. The van der Waals surface area contributed by atoms with Gasteiger partial charge in [0.15, 0.2) is 0 Å². The molecule has 1 N–H and O–H groups in total. The van der Waals surface area contributed by atoms with Crippen LogP contribution in [0.3, 0.4) is 0 Å². The van der Waals surface area contributed by atoms with Crippen LogP contribution in [0.5, 0.6) is 0 Å². The van der Waals surface area contributed by atoms with Crippen LogP contribution in [0.1, 0.15) is 136 Å². The monoisotopic (exact) mass is 567 g/mol. The van der Waals surface area contributed by atoms with E-state index >= 15 is 0 Å². The van der Waals surface area contributed by atoms with E-state index in [1.165, 1.54) is 7.11 Å². The zero-order valence-electron chi connectivity index (χ0n) is 18.5. The molecule has 0 bridgehead atoms. The standard InChI is InChI=1S/C2H5BF.5C2H6.CH3BFO.CH4O.8CH4.4H2S/c1-2-3-4;5*1-2;1-4-2-3;1-2;;;;;;;;;;;;/h2H2,1H3;5*1-2H3;1H3;2H,1H3;8*1H4;4*1H2. The third kappa shape index (κ3) is 2630. The van der Waals surface area contributed by atoms with Crippen LogP contribution in [0.4, 0.5) is 8.63 Å². The van der Waals surface area contributed by atoms with Gasteiger partial charge in [-0.15, -0.1) is 0 Å². The van der Waals surface area contributed by atoms with E-state index in [2.05, 4.69) is 4.65 Å². The summed E-state index contributed by atoms with van der Waals surface area (Å²) in [6.07, 6.45) is 0.528. The third-order valence-corrected chi connectivity index (χ3v) is 0.243. The topological polar surface area (TPSA) is 29.5 Å². The van der Waals surface area contributed by atoms with E-state index in [9.17, 15) is 8.63 Å². The Morgan fingerprint density at radius 1 is 0.531 bits per heavy atom. The Balaban J connectivity index is -0.00000000276. The number of halogens is 2. The molecule has 0 aromatic rings. The van der Waals surface area contributed by atoms with Crippen molar-refractivity contribution in [2.75, 3.05) is 14.2 Å². The molecule has 0 aromatic carbocycles. The minimum absolute atomic E-state index is 0. The Morgan fingerprint density at radius 2 is 0.594 bits per heavy atom. The van der Waals surface area contributed by atoms with Gasteiger partial charge in [-0.25, -0.2) is 0 Å². The van der Waals surface area contributed by atoms with Gasteiger partial charge in [-0.05, 0) is 6.32 Å². The minimum atomic E-state index is 0. The molecule has 0 aromatic heterocycles. The number of hydrogen-bond acceptors (Lipinski definition) is 2. The van der Waals surface area contributed by atoms with Gasteiger partial charge in [0.2, 0.25) is 0 Å². The minimum Gasteiger partial charge on any atom is -0.413 e. The van der Waals surface area contributed by atoms with Gasteiger partial charge in [0.1, 0.15) is 0 Å². The molecule has 10 heteroatoms. The fourth-order valence-electron chi connectivity index (χ4n) is 0. The molecule has 2 radical (unpaired) electrons. The second kappa shape index (κ2) is 1120. The van der Waals surface area contributed by atoms with Crippen molar-refractivity contribution in [3.8, 4) is 0 Å². The first-order valence-electron chi connectivity index (χ1n) is 7.64. The number of hydrogen-bond donors (Lipinski definition) is 1. The van der Waals surface area contributed by atoms with E-state index in [1.807, 2.05) is 69.2 Å². The van der Waals surface area contributed by atoms with E-state index in [4.69, 9.17) is 5.11 Å². The molecule has 0 fully saturated rings. The molecule has 32 heavy (non-hydrogen) atoms. The summed E-state index contributed by atoms with van der Waals surface area (Å²) in [5.74, 6) is 0. The smallest absolute Gasteiger partial charge is 0.413 e. The molecule has 0 aliphatic carbocycles. The summed E-state index contributed by atoms with van der Waals surface area (Å²) >= 11 is 0. The van der Waals surface area contributed by atoms with Crippen molar-refractivity contribution < 1.29 is 18.4 Å². The van der Waals surface area contributed by atoms with Crippen molar-refractivity contribution in [3.63, 3.8) is 0 Å². The highest BCUT2D eigenvalue weighted by molar-refractivity contribution is 7.59. The van der Waals surface area contributed by atoms with Gasteiger partial charge >= 0.3 is 15.3 Å². The van der Waals surface area contributed by atoms with Gasteiger partial charge < -0.3 is 14.1 Å². The largest absolute Gasteiger partial charge is 0.535 e. The van der Waals surface area contributed by atoms with Gasteiger partial charge in [0.25, 0.3) is 0 Å². The predicted octanol–water partition coefficient (Wildman–Crippen LogP) is 11.4. The lowest BCUT2D eigenvalue weighted by molar-refractivity contribution is 0.399. The molecule has 0 heterocycles. The average Bonchev–Trinajstić information content (AvgIpc) is 2.65. The Morgan fingerprint density at radius 3 is 0.594 bits per heavy atom. The third-order valence-electron chi connectivity index (χ3n) is 0.243. The highest BCUT2D eigenvalue weighted by atomic mass is 32.1. The summed E-state index contributed by atoms with van der Waals surface area (Å²) in [6.45, 7) is 21.8. The van der Waals surface area contributed by atoms with Gasteiger partial charge in [-0.2, -0.15) is 54.0 Å². The van der Waals surface area contributed by atoms with Gasteiger partial charge in [-0.1, -0.05) is 136 Å². The van der Waals surface area contributed by atoms with Crippen molar-refractivity contribution in [3.05, 3.63) is 0 Å². The molecule has 0 rings (SSSR count). The molecule has 0 saturated carbocycles. The second-order valence-electron chi connectivity index (χ2n) is 0.887. The van der Waals surface area contributed by atoms with Crippen LogP contribution >= 0.6 is 54.0 Å². The summed E-state index contributed by atoms with van der Waals surface area (Å²) in [6, 6.07) is 0. The van der Waals surface area contributed by atoms with Crippen molar-refractivity contribution in [2.45, 2.75) is 142 Å². The van der Waals surface area contributed by atoms with E-state index in [0.717, 1.165) is 7.11 Å². The van der Waals surface area contributed by atoms with E-state index in [-0.39, 0.29) is 121 Å². The first-order valence-corrected chi connectivity index (χ1v) is 7.64. The van der Waals surface area contributed by atoms with Crippen molar-refractivity contribution in [1.29, 1.82) is 0 Å². The normalized spacial score (nSPS) is 2.75. The maximum absolute atomic E-state index is 10.6. The zero-order valence-corrected chi connectivity index (χ0v) is 22.5. The summed E-state index contributed by atoms with van der Waals surface area (Å²) in [5.41, 5.74) is 0. The van der Waals surface area contributed by atoms with Gasteiger partial charge in [0.05, 0.1) is 0 Å². The Hall–Kier alpha value is 1.31. The molecule has 0 unspecified atom stereocenters. The lowest BCUT2D eigenvalue weighted by Crippen LogP contribution is -1.77. The van der Waals surface area contributed by atoms with E-state index in [1.54, 1.807) is 6.92 Å². The lowest BCUT2D eigenvalue weighted by atomic mass is 10.0. The van der Waals surface area contributed by atoms with Crippen molar-refractivity contribution in [2.24, 2.45) is 0 Å². The maximum Gasteiger partial charge on any atom is 0.535 e. The summed E-state index contributed by atoms with van der Waals surface area (Å²) in [4.78, 5) is 0.